The first kappa shape index (κ1) is 16.8. The number of amides is 1. The van der Waals surface area contributed by atoms with Crippen molar-refractivity contribution in [2.75, 3.05) is 18.4 Å². The molecule has 4 rings (SSSR count). The molecule has 3 aromatic rings. The van der Waals surface area contributed by atoms with E-state index in [0.717, 1.165) is 55.1 Å². The maximum atomic E-state index is 11.6. The second kappa shape index (κ2) is 7.30. The predicted molar refractivity (Wildman–Crippen MR) is 104 cm³/mol. The number of nitrogens with zero attached hydrogens (tertiary/aromatic N) is 3. The van der Waals surface area contributed by atoms with Gasteiger partial charge >= 0.3 is 0 Å². The van der Waals surface area contributed by atoms with E-state index in [1.807, 2.05) is 19.1 Å². The number of nitrogens with one attached hydrogen (secondary N) is 1. The predicted octanol–water partition coefficient (Wildman–Crippen LogP) is 3.44. The van der Waals surface area contributed by atoms with Crippen LogP contribution in [0.1, 0.15) is 24.7 Å². The number of carbonyl (C=O) groups is 1. The summed E-state index contributed by atoms with van der Waals surface area (Å²) < 4.78 is 2.31. The van der Waals surface area contributed by atoms with Crippen LogP contribution in [-0.2, 0) is 24.3 Å². The number of rotatable bonds is 5. The molecule has 0 fully saturated rings. The Bertz CT molecular complexity index is 916. The van der Waals surface area contributed by atoms with Gasteiger partial charge < -0.3 is 9.88 Å². The van der Waals surface area contributed by atoms with Gasteiger partial charge in [-0.15, -0.1) is 0 Å². The van der Waals surface area contributed by atoms with Gasteiger partial charge in [-0.25, -0.2) is 4.98 Å². The average Bonchev–Trinajstić information content (AvgIpc) is 3.04. The molecule has 0 saturated carbocycles. The second-order valence-corrected chi connectivity index (χ2v) is 6.80. The third-order valence-electron chi connectivity index (χ3n) is 5.00. The summed E-state index contributed by atoms with van der Waals surface area (Å²) in [5.41, 5.74) is 4.31. The maximum absolute atomic E-state index is 11.6. The van der Waals surface area contributed by atoms with E-state index >= 15 is 0 Å². The summed E-state index contributed by atoms with van der Waals surface area (Å²) in [6.45, 7) is 5.78. The van der Waals surface area contributed by atoms with E-state index in [1.54, 1.807) is 0 Å². The molecule has 0 radical (unpaired) electrons. The Kier molecular flexibility index (Phi) is 4.71. The van der Waals surface area contributed by atoms with Gasteiger partial charge in [-0.1, -0.05) is 37.3 Å². The summed E-state index contributed by atoms with van der Waals surface area (Å²) in [6, 6.07) is 16.6. The number of benzene rings is 2. The minimum atomic E-state index is 0.0282. The summed E-state index contributed by atoms with van der Waals surface area (Å²) in [7, 11) is 0. The summed E-state index contributed by atoms with van der Waals surface area (Å²) >= 11 is 0. The summed E-state index contributed by atoms with van der Waals surface area (Å²) in [5, 5.41) is 2.91. The van der Waals surface area contributed by atoms with Crippen LogP contribution >= 0.6 is 0 Å². The molecule has 5 heteroatoms. The minimum Gasteiger partial charge on any atom is -0.326 e. The molecular formula is C21H24N4O. The fraction of sp³-hybridized carbons (Fsp3) is 0.333. The highest BCUT2D eigenvalue weighted by atomic mass is 16.1. The molecule has 0 unspecified atom stereocenters. The molecule has 1 aliphatic rings. The number of fused-ring (bicyclic) bond motifs is 3. The smallest absolute Gasteiger partial charge is 0.224 e. The Morgan fingerprint density at radius 2 is 2.00 bits per heavy atom. The van der Waals surface area contributed by atoms with Crippen LogP contribution in [-0.4, -0.2) is 33.4 Å². The molecule has 0 aliphatic carbocycles. The van der Waals surface area contributed by atoms with E-state index in [0.29, 0.717) is 6.42 Å². The van der Waals surface area contributed by atoms with Gasteiger partial charge in [0.25, 0.3) is 0 Å². The Labute approximate surface area is 153 Å². The highest BCUT2D eigenvalue weighted by molar-refractivity contribution is 5.93. The van der Waals surface area contributed by atoms with E-state index in [1.165, 1.54) is 5.56 Å². The molecule has 2 heterocycles. The molecule has 1 aromatic heterocycles. The van der Waals surface area contributed by atoms with E-state index in [9.17, 15) is 4.79 Å². The average molecular weight is 348 g/mol. The van der Waals surface area contributed by atoms with Crippen molar-refractivity contribution < 1.29 is 4.79 Å². The Morgan fingerprint density at radius 3 is 2.81 bits per heavy atom. The van der Waals surface area contributed by atoms with Gasteiger partial charge in [0.05, 0.1) is 17.6 Å². The quantitative estimate of drug-likeness (QED) is 0.768. The van der Waals surface area contributed by atoms with Gasteiger partial charge in [-0.2, -0.15) is 0 Å². The zero-order valence-corrected chi connectivity index (χ0v) is 15.1. The number of hydrogen-bond acceptors (Lipinski definition) is 3. The molecule has 5 nitrogen and oxygen atoms in total. The largest absolute Gasteiger partial charge is 0.326 e. The van der Waals surface area contributed by atoms with Crippen molar-refractivity contribution in [3.8, 4) is 0 Å². The van der Waals surface area contributed by atoms with Crippen LogP contribution in [0, 0.1) is 0 Å². The number of hydrogen-bond donors (Lipinski definition) is 1. The fourth-order valence-corrected chi connectivity index (χ4v) is 3.52. The Balaban J connectivity index is 1.48. The highest BCUT2D eigenvalue weighted by Crippen LogP contribution is 2.24. The molecule has 134 valence electrons. The molecule has 0 atom stereocenters. The lowest BCUT2D eigenvalue weighted by molar-refractivity contribution is -0.115. The number of anilines is 1. The molecule has 2 aromatic carbocycles. The number of aromatic nitrogens is 2. The maximum Gasteiger partial charge on any atom is 0.224 e. The van der Waals surface area contributed by atoms with Gasteiger partial charge in [0.2, 0.25) is 5.91 Å². The summed E-state index contributed by atoms with van der Waals surface area (Å²) in [6.07, 6.45) is 1.54. The lowest BCUT2D eigenvalue weighted by Crippen LogP contribution is -2.35. The second-order valence-electron chi connectivity index (χ2n) is 6.80. The lowest BCUT2D eigenvalue weighted by Gasteiger charge is -2.27. The van der Waals surface area contributed by atoms with E-state index < -0.39 is 0 Å². The standard InChI is InChI=1S/C21H24N4O/c1-2-21(26)22-17-8-9-19-18(14-17)23-20-15-24(12-13-25(19)20)11-10-16-6-4-3-5-7-16/h3-9,14H,2,10-13,15H2,1H3,(H,22,26). The Morgan fingerprint density at radius 1 is 1.15 bits per heavy atom. The third kappa shape index (κ3) is 3.48. The number of imidazole rings is 1. The van der Waals surface area contributed by atoms with Crippen molar-refractivity contribution in [2.45, 2.75) is 32.9 Å². The molecular weight excluding hydrogens is 324 g/mol. The van der Waals surface area contributed by atoms with Gasteiger partial charge in [-0.05, 0) is 30.2 Å². The van der Waals surface area contributed by atoms with Crippen LogP contribution < -0.4 is 5.32 Å². The first-order chi connectivity index (χ1) is 12.7. The molecule has 1 aliphatic heterocycles. The first-order valence-corrected chi connectivity index (χ1v) is 9.28. The highest BCUT2D eigenvalue weighted by Gasteiger charge is 2.20. The monoisotopic (exact) mass is 348 g/mol. The zero-order chi connectivity index (χ0) is 17.9. The minimum absolute atomic E-state index is 0.0282. The van der Waals surface area contributed by atoms with E-state index in [-0.39, 0.29) is 5.91 Å². The van der Waals surface area contributed by atoms with Gasteiger partial charge in [0.1, 0.15) is 5.82 Å². The zero-order valence-electron chi connectivity index (χ0n) is 15.1. The first-order valence-electron chi connectivity index (χ1n) is 9.28. The van der Waals surface area contributed by atoms with Crippen molar-refractivity contribution in [3.05, 3.63) is 59.9 Å². The third-order valence-corrected chi connectivity index (χ3v) is 5.00. The molecule has 1 N–H and O–H groups in total. The molecule has 0 bridgehead atoms. The van der Waals surface area contributed by atoms with Crippen molar-refractivity contribution >= 4 is 22.6 Å². The summed E-state index contributed by atoms with van der Waals surface area (Å²) in [4.78, 5) is 18.9. The van der Waals surface area contributed by atoms with Crippen LogP contribution in [0.4, 0.5) is 5.69 Å². The van der Waals surface area contributed by atoms with Crippen LogP contribution in [0.3, 0.4) is 0 Å². The Hall–Kier alpha value is -2.66. The van der Waals surface area contributed by atoms with E-state index in [2.05, 4.69) is 51.2 Å². The van der Waals surface area contributed by atoms with Crippen molar-refractivity contribution in [3.63, 3.8) is 0 Å². The van der Waals surface area contributed by atoms with Crippen molar-refractivity contribution in [1.29, 1.82) is 0 Å². The van der Waals surface area contributed by atoms with Crippen LogP contribution in [0.15, 0.2) is 48.5 Å². The van der Waals surface area contributed by atoms with Crippen molar-refractivity contribution in [2.24, 2.45) is 0 Å². The van der Waals surface area contributed by atoms with Crippen molar-refractivity contribution in [1.82, 2.24) is 14.5 Å². The molecule has 26 heavy (non-hydrogen) atoms. The normalized spacial score (nSPS) is 14.3. The number of carbonyl (C=O) groups excluding carboxylic acids is 1. The van der Waals surface area contributed by atoms with Crippen LogP contribution in [0.5, 0.6) is 0 Å². The van der Waals surface area contributed by atoms with Crippen LogP contribution in [0.25, 0.3) is 11.0 Å². The van der Waals surface area contributed by atoms with Gasteiger partial charge in [0, 0.05) is 31.7 Å². The molecule has 0 saturated heterocycles. The molecule has 1 amide bonds. The SMILES string of the molecule is CCC(=O)Nc1ccc2c(c1)nc1n2CCN(CCc2ccccc2)C1. The fourth-order valence-electron chi connectivity index (χ4n) is 3.52. The van der Waals surface area contributed by atoms with Crippen LogP contribution in [0.2, 0.25) is 0 Å². The molecule has 0 spiro atoms. The van der Waals surface area contributed by atoms with E-state index in [4.69, 9.17) is 4.98 Å². The van der Waals surface area contributed by atoms with Gasteiger partial charge in [0.15, 0.2) is 0 Å². The summed E-state index contributed by atoms with van der Waals surface area (Å²) in [5.74, 6) is 1.14. The van der Waals surface area contributed by atoms with Gasteiger partial charge in [-0.3, -0.25) is 9.69 Å². The topological polar surface area (TPSA) is 50.2 Å². The lowest BCUT2D eigenvalue weighted by atomic mass is 10.1.